The average Bonchev–Trinajstić information content (AvgIpc) is 1.78. The number of allylic oxidation sites excluding steroid dienone is 2. The van der Waals surface area contributed by atoms with E-state index in [0.717, 1.165) is 12.3 Å². The van der Waals surface area contributed by atoms with Gasteiger partial charge in [0.25, 0.3) is 0 Å². The summed E-state index contributed by atoms with van der Waals surface area (Å²) in [4.78, 5) is 0. The molecule has 1 saturated carbocycles. The monoisotopic (exact) mass is 184 g/mol. The Balaban J connectivity index is 2.22. The van der Waals surface area contributed by atoms with Gasteiger partial charge in [-0.3, -0.25) is 0 Å². The van der Waals surface area contributed by atoms with Crippen molar-refractivity contribution in [2.45, 2.75) is 44.9 Å². The summed E-state index contributed by atoms with van der Waals surface area (Å²) in [6.07, 6.45) is 7.49. The van der Waals surface area contributed by atoms with Crippen molar-refractivity contribution < 1.29 is 0 Å². The number of halogens is 1. The fourth-order valence-corrected chi connectivity index (χ4v) is 3.35. The zero-order chi connectivity index (χ0) is 8.77. The van der Waals surface area contributed by atoms with Crippen molar-refractivity contribution in [2.24, 2.45) is 11.3 Å². The number of fused-ring (bicyclic) bond motifs is 2. The minimum atomic E-state index is 0.422. The molecule has 0 aromatic rings. The van der Waals surface area contributed by atoms with Crippen molar-refractivity contribution in [1.29, 1.82) is 0 Å². The van der Waals surface area contributed by atoms with E-state index in [1.165, 1.54) is 19.3 Å². The largest absolute Gasteiger partial charge is 0.123 e. The van der Waals surface area contributed by atoms with Crippen molar-refractivity contribution in [3.63, 3.8) is 0 Å². The molecule has 0 amide bonds. The van der Waals surface area contributed by atoms with Gasteiger partial charge in [-0.15, -0.1) is 11.6 Å². The predicted molar refractivity (Wildman–Crippen MR) is 53.5 cm³/mol. The molecule has 0 nitrogen and oxygen atoms in total. The van der Waals surface area contributed by atoms with E-state index in [9.17, 15) is 0 Å². The Morgan fingerprint density at radius 3 is 2.83 bits per heavy atom. The molecule has 2 aliphatic rings. The van der Waals surface area contributed by atoms with Crippen LogP contribution in [0.2, 0.25) is 0 Å². The van der Waals surface area contributed by atoms with Gasteiger partial charge in [-0.25, -0.2) is 0 Å². The summed E-state index contributed by atoms with van der Waals surface area (Å²) in [5.41, 5.74) is 2.05. The summed E-state index contributed by atoms with van der Waals surface area (Å²) < 4.78 is 0. The third kappa shape index (κ3) is 1.69. The predicted octanol–water partition coefficient (Wildman–Crippen LogP) is 3.75. The van der Waals surface area contributed by atoms with Gasteiger partial charge in [0, 0.05) is 5.38 Å². The second kappa shape index (κ2) is 2.77. The van der Waals surface area contributed by atoms with E-state index in [2.05, 4.69) is 19.9 Å². The number of hydrogen-bond acceptors (Lipinski definition) is 0. The van der Waals surface area contributed by atoms with E-state index in [1.54, 1.807) is 5.57 Å². The molecule has 0 spiro atoms. The highest BCUT2D eigenvalue weighted by atomic mass is 35.5. The molecule has 2 rings (SSSR count). The topological polar surface area (TPSA) is 0 Å². The second-order valence-corrected chi connectivity index (χ2v) is 5.72. The zero-order valence-corrected chi connectivity index (χ0v) is 8.69. The normalized spacial score (nSPS) is 39.1. The van der Waals surface area contributed by atoms with Gasteiger partial charge in [-0.2, -0.15) is 0 Å². The lowest BCUT2D eigenvalue weighted by Crippen LogP contribution is -2.28. The minimum absolute atomic E-state index is 0.422. The van der Waals surface area contributed by atoms with E-state index in [-0.39, 0.29) is 0 Å². The lowest BCUT2D eigenvalue weighted by molar-refractivity contribution is 0.265. The molecular formula is C11H17Cl. The maximum absolute atomic E-state index is 6.17. The third-order valence-electron chi connectivity index (χ3n) is 3.03. The first-order valence-corrected chi connectivity index (χ1v) is 5.33. The SMILES string of the molecule is CC1(C)C=C2CC(Cl)CC(C2)C1. The first-order valence-electron chi connectivity index (χ1n) is 4.90. The van der Waals surface area contributed by atoms with Gasteiger partial charge >= 0.3 is 0 Å². The van der Waals surface area contributed by atoms with Crippen LogP contribution in [-0.2, 0) is 0 Å². The number of rotatable bonds is 0. The second-order valence-electron chi connectivity index (χ2n) is 5.10. The van der Waals surface area contributed by atoms with Crippen molar-refractivity contribution >= 4 is 11.6 Å². The molecule has 68 valence electrons. The first-order chi connectivity index (χ1) is 5.55. The van der Waals surface area contributed by atoms with Crippen molar-refractivity contribution in [2.75, 3.05) is 0 Å². The average molecular weight is 185 g/mol. The Morgan fingerprint density at radius 1 is 1.42 bits per heavy atom. The molecule has 1 fully saturated rings. The molecule has 0 saturated heterocycles. The van der Waals surface area contributed by atoms with E-state index in [1.807, 2.05) is 0 Å². The van der Waals surface area contributed by atoms with Gasteiger partial charge < -0.3 is 0 Å². The van der Waals surface area contributed by atoms with Crippen LogP contribution in [0.4, 0.5) is 0 Å². The molecule has 12 heavy (non-hydrogen) atoms. The summed E-state index contributed by atoms with van der Waals surface area (Å²) in [7, 11) is 0. The smallest absolute Gasteiger partial charge is 0.0375 e. The molecule has 0 heterocycles. The molecule has 0 aromatic carbocycles. The van der Waals surface area contributed by atoms with Crippen LogP contribution in [0.1, 0.15) is 39.5 Å². The Hall–Kier alpha value is 0.0300. The molecular weight excluding hydrogens is 168 g/mol. The molecule has 0 N–H and O–H groups in total. The van der Waals surface area contributed by atoms with E-state index in [4.69, 9.17) is 11.6 Å². The quantitative estimate of drug-likeness (QED) is 0.398. The van der Waals surface area contributed by atoms with Crippen LogP contribution in [0.3, 0.4) is 0 Å². The van der Waals surface area contributed by atoms with E-state index >= 15 is 0 Å². The third-order valence-corrected chi connectivity index (χ3v) is 3.37. The van der Waals surface area contributed by atoms with Crippen molar-refractivity contribution in [3.8, 4) is 0 Å². The van der Waals surface area contributed by atoms with Crippen molar-refractivity contribution in [1.82, 2.24) is 0 Å². The van der Waals surface area contributed by atoms with E-state index in [0.29, 0.717) is 10.8 Å². The van der Waals surface area contributed by atoms with Gasteiger partial charge in [0.1, 0.15) is 0 Å². The van der Waals surface area contributed by atoms with Crippen LogP contribution in [-0.4, -0.2) is 5.38 Å². The lowest BCUT2D eigenvalue weighted by atomic mass is 9.68. The Kier molecular flexibility index (Phi) is 1.99. The molecule has 0 radical (unpaired) electrons. The fourth-order valence-electron chi connectivity index (χ4n) is 2.90. The summed E-state index contributed by atoms with van der Waals surface area (Å²) in [5, 5.41) is 0.422. The van der Waals surface area contributed by atoms with Crippen LogP contribution in [0.5, 0.6) is 0 Å². The standard InChI is InChI=1S/C11H17Cl/c1-11(2)6-8-3-9(7-11)5-10(12)4-8/h6,9-10H,3-5,7H2,1-2H3. The Morgan fingerprint density at radius 2 is 2.17 bits per heavy atom. The molecule has 2 atom stereocenters. The maximum atomic E-state index is 6.17. The molecule has 2 unspecified atom stereocenters. The molecule has 0 aromatic heterocycles. The van der Waals surface area contributed by atoms with Crippen LogP contribution in [0, 0.1) is 11.3 Å². The van der Waals surface area contributed by atoms with Crippen molar-refractivity contribution in [3.05, 3.63) is 11.6 Å². The Labute approximate surface area is 80.0 Å². The summed E-state index contributed by atoms with van der Waals surface area (Å²) in [5.74, 6) is 0.872. The van der Waals surface area contributed by atoms with Crippen LogP contribution >= 0.6 is 11.6 Å². The van der Waals surface area contributed by atoms with Gasteiger partial charge in [-0.1, -0.05) is 25.5 Å². The highest BCUT2D eigenvalue weighted by Crippen LogP contribution is 2.45. The van der Waals surface area contributed by atoms with Gasteiger partial charge in [0.15, 0.2) is 0 Å². The molecule has 0 aliphatic heterocycles. The zero-order valence-electron chi connectivity index (χ0n) is 7.94. The van der Waals surface area contributed by atoms with Crippen LogP contribution < -0.4 is 0 Å². The lowest BCUT2D eigenvalue weighted by Gasteiger charge is -2.39. The number of hydrogen-bond donors (Lipinski definition) is 0. The minimum Gasteiger partial charge on any atom is -0.123 e. The van der Waals surface area contributed by atoms with Gasteiger partial charge in [-0.05, 0) is 37.0 Å². The van der Waals surface area contributed by atoms with Gasteiger partial charge in [0.2, 0.25) is 0 Å². The Bertz CT molecular complexity index is 215. The number of alkyl halides is 1. The molecule has 2 bridgehead atoms. The van der Waals surface area contributed by atoms with Crippen LogP contribution in [0.15, 0.2) is 11.6 Å². The van der Waals surface area contributed by atoms with Gasteiger partial charge in [0.05, 0.1) is 0 Å². The van der Waals surface area contributed by atoms with Crippen LogP contribution in [0.25, 0.3) is 0 Å². The highest BCUT2D eigenvalue weighted by molar-refractivity contribution is 6.20. The summed E-state index contributed by atoms with van der Waals surface area (Å²) in [6.45, 7) is 4.68. The molecule has 1 heteroatoms. The highest BCUT2D eigenvalue weighted by Gasteiger charge is 2.33. The fraction of sp³-hybridized carbons (Fsp3) is 0.818. The maximum Gasteiger partial charge on any atom is 0.0375 e. The first kappa shape index (κ1) is 8.62. The summed E-state index contributed by atoms with van der Waals surface area (Å²) >= 11 is 6.17. The summed E-state index contributed by atoms with van der Waals surface area (Å²) in [6, 6.07) is 0. The van der Waals surface area contributed by atoms with E-state index < -0.39 is 0 Å². The molecule has 2 aliphatic carbocycles.